The number of rotatable bonds is 5. The number of amides is 1. The van der Waals surface area contributed by atoms with Gasteiger partial charge in [-0.25, -0.2) is 4.68 Å². The molecule has 0 bridgehead atoms. The van der Waals surface area contributed by atoms with Crippen LogP contribution in [0.1, 0.15) is 11.4 Å². The zero-order valence-corrected chi connectivity index (χ0v) is 19.2. The lowest BCUT2D eigenvalue weighted by Crippen LogP contribution is -2.49. The smallest absolute Gasteiger partial charge is 0.244 e. The lowest BCUT2D eigenvalue weighted by atomic mass is 10.2. The monoisotopic (exact) mass is 462 g/mol. The van der Waals surface area contributed by atoms with Crippen LogP contribution in [0.15, 0.2) is 30.5 Å². The Morgan fingerprint density at radius 3 is 2.48 bits per heavy atom. The normalized spacial score (nSPS) is 14.2. The average molecular weight is 463 g/mol. The summed E-state index contributed by atoms with van der Waals surface area (Å²) in [5, 5.41) is 9.96. The van der Waals surface area contributed by atoms with Gasteiger partial charge in [0.25, 0.3) is 0 Å². The highest BCUT2D eigenvalue weighted by atomic mass is 35.5. The second-order valence-electron chi connectivity index (χ2n) is 7.47. The highest BCUT2D eigenvalue weighted by molar-refractivity contribution is 6.33. The van der Waals surface area contributed by atoms with Gasteiger partial charge >= 0.3 is 0 Å². The molecular weight excluding hydrogens is 439 g/mol. The number of methoxy groups -OCH3 is 1. The number of hydrogen-bond acceptors (Lipinski definition) is 5. The molecule has 1 amide bonds. The minimum absolute atomic E-state index is 0.0128. The molecule has 3 aromatic rings. The number of carbonyl (C=O) groups is 1. The van der Waals surface area contributed by atoms with E-state index in [-0.39, 0.29) is 12.5 Å². The standard InChI is InChI=1S/C21H24Cl2N6O2/c1-14-6-7-28(24-14)21-20(23)15(2)29(25-21)13-19(30)27-10-8-26(9-11-27)16-4-5-17(22)18(12-16)31-3/h4-7,12H,8-11,13H2,1-3H3. The first kappa shape index (κ1) is 21.5. The molecule has 1 fully saturated rings. The molecule has 0 saturated carbocycles. The molecule has 8 nitrogen and oxygen atoms in total. The molecule has 3 heterocycles. The van der Waals surface area contributed by atoms with Gasteiger partial charge in [-0.1, -0.05) is 23.2 Å². The molecule has 1 saturated heterocycles. The summed E-state index contributed by atoms with van der Waals surface area (Å²) < 4.78 is 8.58. The maximum Gasteiger partial charge on any atom is 0.244 e. The van der Waals surface area contributed by atoms with Crippen LogP contribution in [0, 0.1) is 13.8 Å². The highest BCUT2D eigenvalue weighted by Crippen LogP contribution is 2.30. The maximum atomic E-state index is 12.9. The van der Waals surface area contributed by atoms with Gasteiger partial charge in [-0.05, 0) is 32.0 Å². The van der Waals surface area contributed by atoms with Gasteiger partial charge in [-0.15, -0.1) is 0 Å². The number of aryl methyl sites for hydroxylation is 1. The number of carbonyl (C=O) groups excluding carboxylic acids is 1. The number of piperazine rings is 1. The van der Waals surface area contributed by atoms with Gasteiger partial charge in [0.1, 0.15) is 17.3 Å². The Hall–Kier alpha value is -2.71. The minimum atomic E-state index is 0.0128. The zero-order valence-electron chi connectivity index (χ0n) is 17.7. The highest BCUT2D eigenvalue weighted by Gasteiger charge is 2.24. The van der Waals surface area contributed by atoms with Gasteiger partial charge in [-0.2, -0.15) is 10.2 Å². The molecule has 0 atom stereocenters. The maximum absolute atomic E-state index is 12.9. The number of hydrogen-bond donors (Lipinski definition) is 0. The molecule has 4 rings (SSSR count). The van der Waals surface area contributed by atoms with Crippen molar-refractivity contribution in [1.29, 1.82) is 0 Å². The van der Waals surface area contributed by atoms with E-state index in [4.69, 9.17) is 27.9 Å². The lowest BCUT2D eigenvalue weighted by Gasteiger charge is -2.36. The average Bonchev–Trinajstić information content (AvgIpc) is 3.32. The molecule has 1 aliphatic rings. The summed E-state index contributed by atoms with van der Waals surface area (Å²) in [6.45, 7) is 6.61. The Balaban J connectivity index is 1.41. The first-order valence-corrected chi connectivity index (χ1v) is 10.7. The second kappa shape index (κ2) is 8.80. The number of nitrogens with zero attached hydrogens (tertiary/aromatic N) is 6. The van der Waals surface area contributed by atoms with Crippen LogP contribution >= 0.6 is 23.2 Å². The summed E-state index contributed by atoms with van der Waals surface area (Å²) >= 11 is 12.6. The fraction of sp³-hybridized carbons (Fsp3) is 0.381. The Kier molecular flexibility index (Phi) is 6.11. The summed E-state index contributed by atoms with van der Waals surface area (Å²) in [4.78, 5) is 17.0. The topological polar surface area (TPSA) is 68.4 Å². The van der Waals surface area contributed by atoms with Gasteiger partial charge in [-0.3, -0.25) is 9.48 Å². The molecule has 164 valence electrons. The molecule has 10 heteroatoms. The van der Waals surface area contributed by atoms with Gasteiger partial charge in [0.15, 0.2) is 5.82 Å². The van der Waals surface area contributed by atoms with Crippen molar-refractivity contribution in [1.82, 2.24) is 24.5 Å². The van der Waals surface area contributed by atoms with E-state index < -0.39 is 0 Å². The molecule has 1 aliphatic heterocycles. The second-order valence-corrected chi connectivity index (χ2v) is 8.25. The van der Waals surface area contributed by atoms with Crippen LogP contribution in [-0.2, 0) is 11.3 Å². The van der Waals surface area contributed by atoms with Crippen LogP contribution in [0.3, 0.4) is 0 Å². The van der Waals surface area contributed by atoms with Crippen LogP contribution in [-0.4, -0.2) is 63.7 Å². The molecule has 0 aliphatic carbocycles. The van der Waals surface area contributed by atoms with Crippen LogP contribution in [0.5, 0.6) is 5.75 Å². The molecule has 0 radical (unpaired) electrons. The van der Waals surface area contributed by atoms with E-state index in [0.717, 1.165) is 30.2 Å². The third-order valence-electron chi connectivity index (χ3n) is 5.47. The van der Waals surface area contributed by atoms with Crippen molar-refractivity contribution in [2.24, 2.45) is 0 Å². The predicted molar refractivity (Wildman–Crippen MR) is 121 cm³/mol. The van der Waals surface area contributed by atoms with Crippen LogP contribution in [0.4, 0.5) is 5.69 Å². The summed E-state index contributed by atoms with van der Waals surface area (Å²) in [7, 11) is 1.60. The fourth-order valence-corrected chi connectivity index (χ4v) is 4.05. The van der Waals surface area contributed by atoms with Crippen molar-refractivity contribution in [3.63, 3.8) is 0 Å². The largest absolute Gasteiger partial charge is 0.495 e. The summed E-state index contributed by atoms with van der Waals surface area (Å²) in [6.07, 6.45) is 1.81. The Bertz CT molecular complexity index is 1100. The summed E-state index contributed by atoms with van der Waals surface area (Å²) in [6, 6.07) is 7.60. The number of halogens is 2. The third-order valence-corrected chi connectivity index (χ3v) is 6.23. The molecule has 1 aromatic carbocycles. The van der Waals surface area contributed by atoms with Gasteiger partial charge in [0, 0.05) is 44.1 Å². The Morgan fingerprint density at radius 1 is 1.10 bits per heavy atom. The van der Waals surface area contributed by atoms with Crippen molar-refractivity contribution in [2.75, 3.05) is 38.2 Å². The van der Waals surface area contributed by atoms with E-state index in [1.165, 1.54) is 0 Å². The fourth-order valence-electron chi connectivity index (χ4n) is 3.63. The molecule has 0 N–H and O–H groups in total. The number of anilines is 1. The third kappa shape index (κ3) is 4.36. The van der Waals surface area contributed by atoms with Crippen LogP contribution in [0.2, 0.25) is 10.0 Å². The van der Waals surface area contributed by atoms with E-state index in [1.54, 1.807) is 22.7 Å². The van der Waals surface area contributed by atoms with Crippen molar-refractivity contribution in [2.45, 2.75) is 20.4 Å². The van der Waals surface area contributed by atoms with Crippen molar-refractivity contribution in [3.8, 4) is 11.6 Å². The number of aromatic nitrogens is 4. The summed E-state index contributed by atoms with van der Waals surface area (Å²) in [5.74, 6) is 1.19. The first-order chi connectivity index (χ1) is 14.9. The van der Waals surface area contributed by atoms with E-state index >= 15 is 0 Å². The molecule has 31 heavy (non-hydrogen) atoms. The predicted octanol–water partition coefficient (Wildman–Crippen LogP) is 3.35. The summed E-state index contributed by atoms with van der Waals surface area (Å²) in [5.41, 5.74) is 2.64. The van der Waals surface area contributed by atoms with Crippen LogP contribution < -0.4 is 9.64 Å². The molecular formula is C21H24Cl2N6O2. The van der Waals surface area contributed by atoms with Crippen LogP contribution in [0.25, 0.3) is 5.82 Å². The lowest BCUT2D eigenvalue weighted by molar-refractivity contribution is -0.132. The van der Waals surface area contributed by atoms with Gasteiger partial charge in [0.05, 0.1) is 23.5 Å². The Labute approximate surface area is 190 Å². The van der Waals surface area contributed by atoms with E-state index in [1.807, 2.05) is 43.0 Å². The van der Waals surface area contributed by atoms with Crippen molar-refractivity contribution in [3.05, 3.63) is 51.9 Å². The number of benzene rings is 1. The van der Waals surface area contributed by atoms with Gasteiger partial charge < -0.3 is 14.5 Å². The Morgan fingerprint density at radius 2 is 1.84 bits per heavy atom. The van der Waals surface area contributed by atoms with E-state index in [9.17, 15) is 4.79 Å². The quantitative estimate of drug-likeness (QED) is 0.581. The first-order valence-electron chi connectivity index (χ1n) is 9.99. The molecule has 0 spiro atoms. The molecule has 2 aromatic heterocycles. The van der Waals surface area contributed by atoms with E-state index in [0.29, 0.717) is 34.7 Å². The van der Waals surface area contributed by atoms with Crippen molar-refractivity contribution >= 4 is 34.8 Å². The minimum Gasteiger partial charge on any atom is -0.495 e. The molecule has 0 unspecified atom stereocenters. The SMILES string of the molecule is COc1cc(N2CCN(C(=O)Cn3nc(-n4ccc(C)n4)c(Cl)c3C)CC2)ccc1Cl. The van der Waals surface area contributed by atoms with Crippen molar-refractivity contribution < 1.29 is 9.53 Å². The van der Waals surface area contributed by atoms with E-state index in [2.05, 4.69) is 15.1 Å². The number of ether oxygens (including phenoxy) is 1. The zero-order chi connectivity index (χ0) is 22.1. The van der Waals surface area contributed by atoms with Gasteiger partial charge in [0.2, 0.25) is 5.91 Å².